The van der Waals surface area contributed by atoms with E-state index in [2.05, 4.69) is 48.4 Å². The first-order chi connectivity index (χ1) is 8.75. The van der Waals surface area contributed by atoms with Crippen LogP contribution >= 0.6 is 11.3 Å². The number of aromatic nitrogens is 1. The summed E-state index contributed by atoms with van der Waals surface area (Å²) in [7, 11) is 0. The molecule has 2 nitrogen and oxygen atoms in total. The smallest absolute Gasteiger partial charge is 0.0798 e. The predicted molar refractivity (Wildman–Crippen MR) is 75.9 cm³/mol. The van der Waals surface area contributed by atoms with E-state index in [1.165, 1.54) is 28.8 Å². The van der Waals surface area contributed by atoms with E-state index in [1.54, 1.807) is 11.3 Å². The molecule has 18 heavy (non-hydrogen) atoms. The second-order valence-corrected chi connectivity index (χ2v) is 5.87. The van der Waals surface area contributed by atoms with Crippen LogP contribution in [0, 0.1) is 6.92 Å². The second kappa shape index (κ2) is 4.82. The fraction of sp³-hybridized carbons (Fsp3) is 0.400. The molecule has 1 aromatic carbocycles. The number of hydrogen-bond acceptors (Lipinski definition) is 3. The van der Waals surface area contributed by atoms with Crippen LogP contribution in [0.1, 0.15) is 47.1 Å². The van der Waals surface area contributed by atoms with Gasteiger partial charge in [-0.2, -0.15) is 0 Å². The van der Waals surface area contributed by atoms with Crippen LogP contribution in [0.3, 0.4) is 0 Å². The summed E-state index contributed by atoms with van der Waals surface area (Å²) in [5.74, 6) is 0. The van der Waals surface area contributed by atoms with E-state index in [1.807, 2.05) is 5.51 Å². The number of hydrogen-bond donors (Lipinski definition) is 1. The van der Waals surface area contributed by atoms with Gasteiger partial charge in [0.25, 0.3) is 0 Å². The van der Waals surface area contributed by atoms with Gasteiger partial charge in [-0.15, -0.1) is 11.3 Å². The summed E-state index contributed by atoms with van der Waals surface area (Å²) < 4.78 is 0. The van der Waals surface area contributed by atoms with Crippen LogP contribution < -0.4 is 5.32 Å². The van der Waals surface area contributed by atoms with Crippen LogP contribution in [0.15, 0.2) is 29.8 Å². The van der Waals surface area contributed by atoms with E-state index in [4.69, 9.17) is 0 Å². The maximum Gasteiger partial charge on any atom is 0.0798 e. The zero-order chi connectivity index (χ0) is 12.5. The Hall–Kier alpha value is -1.19. The SMILES string of the molecule is Cc1ncsc1C(C)NC1CCc2ccccc21. The Labute approximate surface area is 112 Å². The first-order valence-electron chi connectivity index (χ1n) is 6.49. The fourth-order valence-corrected chi connectivity index (χ4v) is 3.65. The van der Waals surface area contributed by atoms with Crippen LogP contribution in [0.5, 0.6) is 0 Å². The Morgan fingerprint density at radius 1 is 1.39 bits per heavy atom. The minimum atomic E-state index is 0.383. The monoisotopic (exact) mass is 258 g/mol. The molecule has 1 aliphatic rings. The van der Waals surface area contributed by atoms with Crippen molar-refractivity contribution >= 4 is 11.3 Å². The molecule has 2 unspecified atom stereocenters. The average Bonchev–Trinajstić information content (AvgIpc) is 2.97. The van der Waals surface area contributed by atoms with Crippen molar-refractivity contribution in [3.8, 4) is 0 Å². The molecule has 0 amide bonds. The number of aryl methyl sites for hydroxylation is 2. The van der Waals surface area contributed by atoms with Gasteiger partial charge in [-0.05, 0) is 37.8 Å². The molecular formula is C15H18N2S. The molecule has 2 atom stereocenters. The molecular weight excluding hydrogens is 240 g/mol. The van der Waals surface area contributed by atoms with Gasteiger partial charge in [0, 0.05) is 17.0 Å². The maximum atomic E-state index is 4.34. The van der Waals surface area contributed by atoms with Gasteiger partial charge in [-0.1, -0.05) is 24.3 Å². The second-order valence-electron chi connectivity index (χ2n) is 4.98. The van der Waals surface area contributed by atoms with Crippen molar-refractivity contribution in [2.24, 2.45) is 0 Å². The first kappa shape index (κ1) is 11.9. The molecule has 0 radical (unpaired) electrons. The molecule has 0 bridgehead atoms. The number of fused-ring (bicyclic) bond motifs is 1. The van der Waals surface area contributed by atoms with Crippen molar-refractivity contribution in [1.29, 1.82) is 0 Å². The summed E-state index contributed by atoms with van der Waals surface area (Å²) in [4.78, 5) is 5.70. The number of nitrogens with zero attached hydrogens (tertiary/aromatic N) is 1. The minimum absolute atomic E-state index is 0.383. The van der Waals surface area contributed by atoms with Gasteiger partial charge < -0.3 is 5.32 Å². The summed E-state index contributed by atoms with van der Waals surface area (Å²) in [5.41, 5.74) is 6.08. The summed E-state index contributed by atoms with van der Waals surface area (Å²) in [6, 6.07) is 9.66. The van der Waals surface area contributed by atoms with Gasteiger partial charge in [0.1, 0.15) is 0 Å². The first-order valence-corrected chi connectivity index (χ1v) is 7.37. The average molecular weight is 258 g/mol. The highest BCUT2D eigenvalue weighted by molar-refractivity contribution is 7.09. The number of thiazole rings is 1. The van der Waals surface area contributed by atoms with Gasteiger partial charge in [-0.25, -0.2) is 4.98 Å². The molecule has 1 aromatic heterocycles. The molecule has 0 fully saturated rings. The van der Waals surface area contributed by atoms with Crippen molar-refractivity contribution in [1.82, 2.24) is 10.3 Å². The summed E-state index contributed by atoms with van der Waals surface area (Å²) in [5, 5.41) is 3.75. The summed E-state index contributed by atoms with van der Waals surface area (Å²) in [6.07, 6.45) is 2.41. The molecule has 1 heterocycles. The standard InChI is InChI=1S/C15H18N2S/c1-10-15(18-9-16-10)11(2)17-14-8-7-12-5-3-4-6-13(12)14/h3-6,9,11,14,17H,7-8H2,1-2H3. The van der Waals surface area contributed by atoms with Crippen LogP contribution in [0.25, 0.3) is 0 Å². The third kappa shape index (κ3) is 2.08. The lowest BCUT2D eigenvalue weighted by atomic mass is 10.1. The van der Waals surface area contributed by atoms with Crippen molar-refractivity contribution in [3.05, 3.63) is 51.5 Å². The molecule has 0 spiro atoms. The van der Waals surface area contributed by atoms with E-state index in [0.717, 1.165) is 5.69 Å². The third-order valence-corrected chi connectivity index (χ3v) is 4.87. The topological polar surface area (TPSA) is 24.9 Å². The largest absolute Gasteiger partial charge is 0.302 e. The molecule has 0 saturated carbocycles. The van der Waals surface area contributed by atoms with Gasteiger partial charge in [-0.3, -0.25) is 0 Å². The maximum absolute atomic E-state index is 4.34. The van der Waals surface area contributed by atoms with E-state index in [0.29, 0.717) is 12.1 Å². The Morgan fingerprint density at radius 3 is 3.00 bits per heavy atom. The molecule has 94 valence electrons. The Bertz CT molecular complexity index is 547. The molecule has 0 saturated heterocycles. The number of benzene rings is 1. The van der Waals surface area contributed by atoms with E-state index < -0.39 is 0 Å². The van der Waals surface area contributed by atoms with Crippen LogP contribution in [-0.4, -0.2) is 4.98 Å². The Kier molecular flexibility index (Phi) is 3.18. The number of nitrogens with one attached hydrogen (secondary N) is 1. The fourth-order valence-electron chi connectivity index (χ4n) is 2.83. The van der Waals surface area contributed by atoms with Crippen molar-refractivity contribution in [2.75, 3.05) is 0 Å². The Balaban J connectivity index is 1.77. The van der Waals surface area contributed by atoms with Crippen molar-refractivity contribution in [2.45, 2.75) is 38.8 Å². The molecule has 1 N–H and O–H groups in total. The predicted octanol–water partition coefficient (Wildman–Crippen LogP) is 3.79. The molecule has 1 aliphatic carbocycles. The Morgan fingerprint density at radius 2 is 2.22 bits per heavy atom. The molecule has 0 aliphatic heterocycles. The number of rotatable bonds is 3. The summed E-state index contributed by atoms with van der Waals surface area (Å²) >= 11 is 1.75. The summed E-state index contributed by atoms with van der Waals surface area (Å²) in [6.45, 7) is 4.33. The van der Waals surface area contributed by atoms with E-state index in [-0.39, 0.29) is 0 Å². The lowest BCUT2D eigenvalue weighted by molar-refractivity contribution is 0.468. The lowest BCUT2D eigenvalue weighted by Crippen LogP contribution is -2.22. The lowest BCUT2D eigenvalue weighted by Gasteiger charge is -2.19. The molecule has 2 aromatic rings. The highest BCUT2D eigenvalue weighted by Crippen LogP contribution is 2.33. The normalized spacial score (nSPS) is 19.8. The zero-order valence-electron chi connectivity index (χ0n) is 10.8. The quantitative estimate of drug-likeness (QED) is 0.906. The minimum Gasteiger partial charge on any atom is -0.302 e. The molecule has 3 rings (SSSR count). The zero-order valence-corrected chi connectivity index (χ0v) is 11.6. The highest BCUT2D eigenvalue weighted by Gasteiger charge is 2.24. The van der Waals surface area contributed by atoms with Crippen LogP contribution in [-0.2, 0) is 6.42 Å². The van der Waals surface area contributed by atoms with E-state index >= 15 is 0 Å². The highest BCUT2D eigenvalue weighted by atomic mass is 32.1. The van der Waals surface area contributed by atoms with Gasteiger partial charge in [0.05, 0.1) is 11.2 Å². The third-order valence-electron chi connectivity index (χ3n) is 3.76. The van der Waals surface area contributed by atoms with Crippen LogP contribution in [0.2, 0.25) is 0 Å². The van der Waals surface area contributed by atoms with Crippen molar-refractivity contribution < 1.29 is 0 Å². The van der Waals surface area contributed by atoms with Gasteiger partial charge in [0.2, 0.25) is 0 Å². The molecule has 3 heteroatoms. The van der Waals surface area contributed by atoms with E-state index in [9.17, 15) is 0 Å². The van der Waals surface area contributed by atoms with Crippen molar-refractivity contribution in [3.63, 3.8) is 0 Å². The van der Waals surface area contributed by atoms with Crippen LogP contribution in [0.4, 0.5) is 0 Å². The van der Waals surface area contributed by atoms with Gasteiger partial charge >= 0.3 is 0 Å². The van der Waals surface area contributed by atoms with Gasteiger partial charge in [0.15, 0.2) is 0 Å².